The van der Waals surface area contributed by atoms with Crippen molar-refractivity contribution in [2.75, 3.05) is 0 Å². The summed E-state index contributed by atoms with van der Waals surface area (Å²) in [6, 6.07) is 5.49. The van der Waals surface area contributed by atoms with Crippen molar-refractivity contribution in [2.24, 2.45) is 0 Å². The molecule has 2 aromatic heterocycles. The Bertz CT molecular complexity index is 745. The molecule has 3 rings (SSSR count). The van der Waals surface area contributed by atoms with Gasteiger partial charge in [-0.25, -0.2) is 9.78 Å². The molecule has 6 heteroatoms. The number of benzene rings is 1. The number of nitrogens with zero attached hydrogens (tertiary/aromatic N) is 2. The predicted molar refractivity (Wildman–Crippen MR) is 68.9 cm³/mol. The van der Waals surface area contributed by atoms with Gasteiger partial charge in [0, 0.05) is 22.0 Å². The molecule has 3 aromatic rings. The second kappa shape index (κ2) is 3.92. The summed E-state index contributed by atoms with van der Waals surface area (Å²) in [6.45, 7) is 1.94. The van der Waals surface area contributed by atoms with Crippen LogP contribution in [0.5, 0.6) is 0 Å². The van der Waals surface area contributed by atoms with Gasteiger partial charge in [0.15, 0.2) is 5.69 Å². The van der Waals surface area contributed by atoms with Crippen molar-refractivity contribution in [3.8, 4) is 10.6 Å². The first-order valence-electron chi connectivity index (χ1n) is 5.29. The van der Waals surface area contributed by atoms with E-state index in [9.17, 15) is 4.79 Å². The second-order valence-corrected chi connectivity index (χ2v) is 4.79. The molecule has 0 aliphatic carbocycles. The third-order valence-corrected chi connectivity index (χ3v) is 3.64. The van der Waals surface area contributed by atoms with Gasteiger partial charge in [-0.2, -0.15) is 5.10 Å². The molecule has 2 heterocycles. The second-order valence-electron chi connectivity index (χ2n) is 3.93. The van der Waals surface area contributed by atoms with E-state index in [4.69, 9.17) is 5.11 Å². The predicted octanol–water partition coefficient (Wildman–Crippen LogP) is 2.69. The van der Waals surface area contributed by atoms with Gasteiger partial charge in [0.05, 0.1) is 5.52 Å². The maximum atomic E-state index is 10.9. The Balaban J connectivity index is 2.15. The topological polar surface area (TPSA) is 78.9 Å². The quantitative estimate of drug-likeness (QED) is 0.741. The zero-order valence-electron chi connectivity index (χ0n) is 9.47. The van der Waals surface area contributed by atoms with Gasteiger partial charge in [-0.1, -0.05) is 6.07 Å². The van der Waals surface area contributed by atoms with Crippen molar-refractivity contribution in [1.82, 2.24) is 15.2 Å². The highest BCUT2D eigenvalue weighted by Gasteiger charge is 2.13. The minimum atomic E-state index is -1.03. The van der Waals surface area contributed by atoms with Gasteiger partial charge < -0.3 is 5.11 Å². The first-order chi connectivity index (χ1) is 8.65. The number of aryl methyl sites for hydroxylation is 1. The van der Waals surface area contributed by atoms with Crippen molar-refractivity contribution in [3.05, 3.63) is 35.0 Å². The average molecular weight is 259 g/mol. The molecule has 1 aromatic carbocycles. The zero-order chi connectivity index (χ0) is 12.7. The van der Waals surface area contributed by atoms with Gasteiger partial charge in [0.1, 0.15) is 5.01 Å². The van der Waals surface area contributed by atoms with Crippen LogP contribution in [0, 0.1) is 6.92 Å². The fraction of sp³-hybridized carbons (Fsp3) is 0.0833. The molecule has 0 aliphatic rings. The van der Waals surface area contributed by atoms with Crippen LogP contribution in [-0.4, -0.2) is 26.3 Å². The molecule has 0 saturated carbocycles. The lowest BCUT2D eigenvalue weighted by Crippen LogP contribution is -1.96. The summed E-state index contributed by atoms with van der Waals surface area (Å²) in [5, 5.41) is 19.0. The average Bonchev–Trinajstić information content (AvgIpc) is 2.93. The number of carbonyl (C=O) groups is 1. The summed E-state index contributed by atoms with van der Waals surface area (Å²) in [4.78, 5) is 15.3. The van der Waals surface area contributed by atoms with Crippen LogP contribution in [0.25, 0.3) is 21.5 Å². The van der Waals surface area contributed by atoms with Crippen molar-refractivity contribution in [3.63, 3.8) is 0 Å². The monoisotopic (exact) mass is 259 g/mol. The Morgan fingerprint density at radius 3 is 2.94 bits per heavy atom. The molecule has 2 N–H and O–H groups in total. The molecule has 18 heavy (non-hydrogen) atoms. The lowest BCUT2D eigenvalue weighted by atomic mass is 10.1. The maximum Gasteiger partial charge on any atom is 0.357 e. The molecule has 0 atom stereocenters. The molecule has 0 spiro atoms. The van der Waals surface area contributed by atoms with E-state index in [1.165, 1.54) is 0 Å². The van der Waals surface area contributed by atoms with Crippen LogP contribution in [0.2, 0.25) is 0 Å². The van der Waals surface area contributed by atoms with E-state index in [2.05, 4.69) is 15.2 Å². The van der Waals surface area contributed by atoms with Crippen molar-refractivity contribution < 1.29 is 9.90 Å². The van der Waals surface area contributed by atoms with E-state index in [0.29, 0.717) is 10.9 Å². The lowest BCUT2D eigenvalue weighted by Gasteiger charge is -1.96. The van der Waals surface area contributed by atoms with Crippen molar-refractivity contribution >= 4 is 28.2 Å². The standard InChI is InChI=1S/C12H9N3O2S/c1-6-5-18-11(13-6)7-2-3-8-9(4-7)14-15-10(8)12(16)17/h2-5H,1H3,(H,14,15)(H,16,17). The molecular formula is C12H9N3O2S. The SMILES string of the molecule is Cc1csc(-c2ccc3c(C(=O)O)n[nH]c3c2)n1. The summed E-state index contributed by atoms with van der Waals surface area (Å²) in [6.07, 6.45) is 0. The third kappa shape index (κ3) is 1.67. The molecule has 90 valence electrons. The molecule has 0 amide bonds. The molecular weight excluding hydrogens is 250 g/mol. The number of aromatic carboxylic acids is 1. The Kier molecular flexibility index (Phi) is 2.38. The first kappa shape index (κ1) is 10.9. The number of rotatable bonds is 2. The molecule has 0 aliphatic heterocycles. The number of fused-ring (bicyclic) bond motifs is 1. The van der Waals surface area contributed by atoms with E-state index in [1.54, 1.807) is 17.4 Å². The number of hydrogen-bond donors (Lipinski definition) is 2. The number of thiazole rings is 1. The van der Waals surface area contributed by atoms with Gasteiger partial charge in [0.25, 0.3) is 0 Å². The highest BCUT2D eigenvalue weighted by Crippen LogP contribution is 2.27. The van der Waals surface area contributed by atoms with Crippen LogP contribution in [0.4, 0.5) is 0 Å². The Labute approximate surface area is 106 Å². The van der Waals surface area contributed by atoms with E-state index < -0.39 is 5.97 Å². The minimum Gasteiger partial charge on any atom is -0.476 e. The lowest BCUT2D eigenvalue weighted by molar-refractivity contribution is 0.0692. The number of H-pyrrole nitrogens is 1. The fourth-order valence-electron chi connectivity index (χ4n) is 1.80. The number of hydrogen-bond acceptors (Lipinski definition) is 4. The largest absolute Gasteiger partial charge is 0.476 e. The molecule has 0 fully saturated rings. The molecule has 0 radical (unpaired) electrons. The molecule has 0 saturated heterocycles. The zero-order valence-corrected chi connectivity index (χ0v) is 10.3. The Morgan fingerprint density at radius 1 is 1.44 bits per heavy atom. The van der Waals surface area contributed by atoms with Crippen LogP contribution in [0.3, 0.4) is 0 Å². The van der Waals surface area contributed by atoms with Gasteiger partial charge in [0.2, 0.25) is 0 Å². The van der Waals surface area contributed by atoms with Crippen LogP contribution < -0.4 is 0 Å². The smallest absolute Gasteiger partial charge is 0.357 e. The van der Waals surface area contributed by atoms with Gasteiger partial charge >= 0.3 is 5.97 Å². The van der Waals surface area contributed by atoms with Crippen LogP contribution >= 0.6 is 11.3 Å². The number of aromatic amines is 1. The molecule has 0 unspecified atom stereocenters. The van der Waals surface area contributed by atoms with Crippen LogP contribution in [0.15, 0.2) is 23.6 Å². The Hall–Kier alpha value is -2.21. The Morgan fingerprint density at radius 2 is 2.28 bits per heavy atom. The summed E-state index contributed by atoms with van der Waals surface area (Å²) >= 11 is 1.56. The van der Waals surface area contributed by atoms with Crippen molar-refractivity contribution in [1.29, 1.82) is 0 Å². The van der Waals surface area contributed by atoms with E-state index >= 15 is 0 Å². The van der Waals surface area contributed by atoms with Crippen LogP contribution in [0.1, 0.15) is 16.2 Å². The summed E-state index contributed by atoms with van der Waals surface area (Å²) in [5.41, 5.74) is 2.69. The third-order valence-electron chi connectivity index (χ3n) is 2.63. The van der Waals surface area contributed by atoms with E-state index in [0.717, 1.165) is 16.3 Å². The van der Waals surface area contributed by atoms with E-state index in [-0.39, 0.29) is 5.69 Å². The first-order valence-corrected chi connectivity index (χ1v) is 6.17. The van der Waals surface area contributed by atoms with Crippen molar-refractivity contribution in [2.45, 2.75) is 6.92 Å². The minimum absolute atomic E-state index is 0.0480. The number of carboxylic acid groups (broad SMARTS) is 1. The molecule has 0 bridgehead atoms. The number of carboxylic acids is 1. The maximum absolute atomic E-state index is 10.9. The normalized spacial score (nSPS) is 10.9. The van der Waals surface area contributed by atoms with Crippen LogP contribution in [-0.2, 0) is 0 Å². The summed E-state index contributed by atoms with van der Waals surface area (Å²) in [5.74, 6) is -1.03. The molecule has 5 nitrogen and oxygen atoms in total. The van der Waals surface area contributed by atoms with E-state index in [1.807, 2.05) is 24.4 Å². The van der Waals surface area contributed by atoms with Gasteiger partial charge in [-0.3, -0.25) is 5.10 Å². The number of aromatic nitrogens is 3. The summed E-state index contributed by atoms with van der Waals surface area (Å²) in [7, 11) is 0. The highest BCUT2D eigenvalue weighted by molar-refractivity contribution is 7.13. The highest BCUT2D eigenvalue weighted by atomic mass is 32.1. The van der Waals surface area contributed by atoms with Gasteiger partial charge in [-0.05, 0) is 19.1 Å². The summed E-state index contributed by atoms with van der Waals surface area (Å²) < 4.78 is 0. The van der Waals surface area contributed by atoms with Gasteiger partial charge in [-0.15, -0.1) is 11.3 Å². The number of nitrogens with one attached hydrogen (secondary N) is 1. The fourth-order valence-corrected chi connectivity index (χ4v) is 2.60.